The van der Waals surface area contributed by atoms with Crippen molar-refractivity contribution in [3.8, 4) is 11.5 Å². The zero-order valence-corrected chi connectivity index (χ0v) is 22.0. The van der Waals surface area contributed by atoms with Gasteiger partial charge in [-0.05, 0) is 73.5 Å². The Balaban J connectivity index is 1.37. The molecule has 0 aliphatic heterocycles. The predicted molar refractivity (Wildman–Crippen MR) is 147 cm³/mol. The Hall–Kier alpha value is -4.23. The average molecular weight is 557 g/mol. The minimum atomic E-state index is -0.469. The maximum atomic E-state index is 12.6. The number of carbonyl (C=O) groups is 2. The quantitative estimate of drug-likeness (QED) is 0.114. The van der Waals surface area contributed by atoms with Crippen molar-refractivity contribution in [1.29, 1.82) is 0 Å². The number of hydrazone groups is 1. The third-order valence-electron chi connectivity index (χ3n) is 5.55. The molecule has 0 saturated heterocycles. The number of esters is 1. The highest BCUT2D eigenvalue weighted by Gasteiger charge is 2.13. The number of amides is 1. The van der Waals surface area contributed by atoms with Gasteiger partial charge in [-0.25, -0.2) is 10.2 Å². The number of rotatable bonds is 8. The van der Waals surface area contributed by atoms with Crippen molar-refractivity contribution < 1.29 is 19.1 Å². The van der Waals surface area contributed by atoms with E-state index in [1.807, 2.05) is 50.2 Å². The van der Waals surface area contributed by atoms with Gasteiger partial charge in [0.25, 0.3) is 5.91 Å². The molecule has 4 aromatic carbocycles. The first kappa shape index (κ1) is 25.9. The average Bonchev–Trinajstić information content (AvgIpc) is 2.90. The molecule has 1 N–H and O–H groups in total. The number of hydrogen-bond donors (Lipinski definition) is 1. The molecule has 0 fully saturated rings. The molecule has 0 aliphatic carbocycles. The van der Waals surface area contributed by atoms with Gasteiger partial charge in [0, 0.05) is 15.6 Å². The van der Waals surface area contributed by atoms with Crippen LogP contribution in [0, 0.1) is 13.8 Å². The van der Waals surface area contributed by atoms with Gasteiger partial charge in [0.15, 0.2) is 0 Å². The Morgan fingerprint density at radius 1 is 0.919 bits per heavy atom. The minimum absolute atomic E-state index is 0.324. The van der Waals surface area contributed by atoms with Crippen molar-refractivity contribution in [2.75, 3.05) is 0 Å². The van der Waals surface area contributed by atoms with Crippen LogP contribution >= 0.6 is 15.9 Å². The second-order valence-electron chi connectivity index (χ2n) is 8.38. The highest BCUT2D eigenvalue weighted by Crippen LogP contribution is 2.23. The van der Waals surface area contributed by atoms with Crippen LogP contribution in [0.25, 0.3) is 0 Å². The highest BCUT2D eigenvalue weighted by atomic mass is 79.9. The van der Waals surface area contributed by atoms with Gasteiger partial charge in [-0.2, -0.15) is 5.10 Å². The van der Waals surface area contributed by atoms with Crippen LogP contribution in [0.4, 0.5) is 0 Å². The van der Waals surface area contributed by atoms with Crippen LogP contribution in [0.1, 0.15) is 43.0 Å². The summed E-state index contributed by atoms with van der Waals surface area (Å²) in [6.45, 7) is 4.33. The molecule has 186 valence electrons. The number of nitrogens with zero attached hydrogens (tertiary/aromatic N) is 1. The number of halogens is 1. The van der Waals surface area contributed by atoms with Gasteiger partial charge >= 0.3 is 5.97 Å². The van der Waals surface area contributed by atoms with Gasteiger partial charge in [-0.3, -0.25) is 4.79 Å². The molecule has 0 radical (unpaired) electrons. The number of aryl methyl sites for hydroxylation is 2. The summed E-state index contributed by atoms with van der Waals surface area (Å²) in [7, 11) is 0. The monoisotopic (exact) mass is 556 g/mol. The Morgan fingerprint density at radius 2 is 1.65 bits per heavy atom. The minimum Gasteiger partial charge on any atom is -0.489 e. The van der Waals surface area contributed by atoms with Crippen molar-refractivity contribution in [1.82, 2.24) is 5.43 Å². The summed E-state index contributed by atoms with van der Waals surface area (Å²) in [6.07, 6.45) is 1.43. The standard InChI is InChI=1S/C30H25BrN2O4/c1-20-7-9-22(10-8-20)19-36-26-14-11-23(12-15-26)29(34)33-32-18-24-17-25(31)13-16-28(24)37-30(35)27-6-4-3-5-21(27)2/h3-18H,19H2,1-2H3,(H,33,34)/b32-18+. The van der Waals surface area contributed by atoms with Crippen LogP contribution in [-0.2, 0) is 6.61 Å². The fraction of sp³-hybridized carbons (Fsp3) is 0.100. The third-order valence-corrected chi connectivity index (χ3v) is 6.05. The summed E-state index contributed by atoms with van der Waals surface area (Å²) in [4.78, 5) is 25.2. The Labute approximate surface area is 224 Å². The van der Waals surface area contributed by atoms with Crippen LogP contribution in [0.2, 0.25) is 0 Å². The normalized spacial score (nSPS) is 10.8. The molecule has 37 heavy (non-hydrogen) atoms. The topological polar surface area (TPSA) is 77.0 Å². The summed E-state index contributed by atoms with van der Waals surface area (Å²) in [5.41, 5.74) is 7.02. The van der Waals surface area contributed by atoms with E-state index in [0.717, 1.165) is 15.6 Å². The molecule has 0 heterocycles. The van der Waals surface area contributed by atoms with Crippen LogP contribution in [0.15, 0.2) is 101 Å². The molecule has 0 aromatic heterocycles. The van der Waals surface area contributed by atoms with Gasteiger partial charge in [0.05, 0.1) is 11.8 Å². The SMILES string of the molecule is Cc1ccc(COc2ccc(C(=O)N/N=C/c3cc(Br)ccc3OC(=O)c3ccccc3C)cc2)cc1. The van der Waals surface area contributed by atoms with Gasteiger partial charge in [0.2, 0.25) is 0 Å². The molecule has 7 heteroatoms. The van der Waals surface area contributed by atoms with Crippen molar-refractivity contribution in [2.24, 2.45) is 5.10 Å². The van der Waals surface area contributed by atoms with E-state index in [4.69, 9.17) is 9.47 Å². The fourth-order valence-corrected chi connectivity index (χ4v) is 3.83. The lowest BCUT2D eigenvalue weighted by molar-refractivity contribution is 0.0733. The molecule has 1 amide bonds. The number of benzene rings is 4. The first-order valence-corrected chi connectivity index (χ1v) is 12.4. The first-order chi connectivity index (χ1) is 17.9. The lowest BCUT2D eigenvalue weighted by atomic mass is 10.1. The fourth-order valence-electron chi connectivity index (χ4n) is 3.45. The zero-order chi connectivity index (χ0) is 26.2. The summed E-state index contributed by atoms with van der Waals surface area (Å²) in [6, 6.07) is 27.3. The highest BCUT2D eigenvalue weighted by molar-refractivity contribution is 9.10. The molecule has 4 rings (SSSR count). The van der Waals surface area contributed by atoms with E-state index in [1.165, 1.54) is 11.8 Å². The molecule has 6 nitrogen and oxygen atoms in total. The van der Waals surface area contributed by atoms with E-state index < -0.39 is 5.97 Å². The largest absolute Gasteiger partial charge is 0.489 e. The van der Waals surface area contributed by atoms with Gasteiger partial charge in [-0.1, -0.05) is 64.0 Å². The summed E-state index contributed by atoms with van der Waals surface area (Å²) < 4.78 is 12.2. The predicted octanol–water partition coefficient (Wildman–Crippen LogP) is 6.63. The maximum Gasteiger partial charge on any atom is 0.343 e. The van der Waals surface area contributed by atoms with E-state index in [0.29, 0.717) is 34.8 Å². The van der Waals surface area contributed by atoms with Crippen LogP contribution in [-0.4, -0.2) is 18.1 Å². The van der Waals surface area contributed by atoms with Gasteiger partial charge < -0.3 is 9.47 Å². The smallest absolute Gasteiger partial charge is 0.343 e. The van der Waals surface area contributed by atoms with Crippen LogP contribution < -0.4 is 14.9 Å². The molecule has 0 bridgehead atoms. The van der Waals surface area contributed by atoms with E-state index >= 15 is 0 Å². The lowest BCUT2D eigenvalue weighted by Crippen LogP contribution is -2.17. The molecule has 4 aromatic rings. The second kappa shape index (κ2) is 12.1. The molecular weight excluding hydrogens is 532 g/mol. The van der Waals surface area contributed by atoms with E-state index in [9.17, 15) is 9.59 Å². The second-order valence-corrected chi connectivity index (χ2v) is 9.30. The molecule has 0 saturated carbocycles. The Kier molecular flexibility index (Phi) is 8.48. The first-order valence-electron chi connectivity index (χ1n) is 11.6. The summed E-state index contributed by atoms with van der Waals surface area (Å²) in [5, 5.41) is 4.05. The van der Waals surface area contributed by atoms with Crippen molar-refractivity contribution in [3.05, 3.63) is 129 Å². The molecule has 0 atom stereocenters. The Bertz CT molecular complexity index is 1430. The van der Waals surface area contributed by atoms with Crippen molar-refractivity contribution in [2.45, 2.75) is 20.5 Å². The van der Waals surface area contributed by atoms with Gasteiger partial charge in [0.1, 0.15) is 18.1 Å². The van der Waals surface area contributed by atoms with E-state index in [-0.39, 0.29) is 5.91 Å². The molecule has 0 unspecified atom stereocenters. The molecule has 0 aliphatic rings. The van der Waals surface area contributed by atoms with Gasteiger partial charge in [-0.15, -0.1) is 0 Å². The summed E-state index contributed by atoms with van der Waals surface area (Å²) >= 11 is 3.41. The van der Waals surface area contributed by atoms with Crippen LogP contribution in [0.5, 0.6) is 11.5 Å². The Morgan fingerprint density at radius 3 is 2.38 bits per heavy atom. The lowest BCUT2D eigenvalue weighted by Gasteiger charge is -2.09. The third kappa shape index (κ3) is 7.15. The maximum absolute atomic E-state index is 12.6. The number of nitrogens with one attached hydrogen (secondary N) is 1. The van der Waals surface area contributed by atoms with E-state index in [2.05, 4.69) is 26.5 Å². The molecular formula is C30H25BrN2O4. The molecule has 0 spiro atoms. The number of ether oxygens (including phenoxy) is 2. The zero-order valence-electron chi connectivity index (χ0n) is 20.4. The van der Waals surface area contributed by atoms with Crippen molar-refractivity contribution >= 4 is 34.0 Å². The van der Waals surface area contributed by atoms with Crippen molar-refractivity contribution in [3.63, 3.8) is 0 Å². The summed E-state index contributed by atoms with van der Waals surface area (Å²) in [5.74, 6) is 0.137. The van der Waals surface area contributed by atoms with Crippen LogP contribution in [0.3, 0.4) is 0 Å². The van der Waals surface area contributed by atoms with E-state index in [1.54, 1.807) is 54.6 Å². The number of carbonyl (C=O) groups excluding carboxylic acids is 2. The number of hydrogen-bond acceptors (Lipinski definition) is 5.